The van der Waals surface area contributed by atoms with Crippen molar-refractivity contribution in [2.45, 2.75) is 11.3 Å². The number of halogens is 6. The molecule has 0 amide bonds. The summed E-state index contributed by atoms with van der Waals surface area (Å²) < 4.78 is 74.2. The van der Waals surface area contributed by atoms with Crippen LogP contribution in [0.4, 0.5) is 23.8 Å². The maximum Gasteiger partial charge on any atom is 0.310 e. The van der Waals surface area contributed by atoms with Crippen molar-refractivity contribution in [3.63, 3.8) is 0 Å². The minimum Gasteiger partial charge on any atom is -0.481 e. The van der Waals surface area contributed by atoms with Gasteiger partial charge >= 0.3 is 16.2 Å². The van der Waals surface area contributed by atoms with E-state index in [0.29, 0.717) is 6.07 Å². The van der Waals surface area contributed by atoms with Crippen LogP contribution in [0, 0.1) is 5.82 Å². The molecular weight excluding hydrogens is 274 g/mol. The van der Waals surface area contributed by atoms with E-state index < -0.39 is 38.9 Å². The molecule has 0 aliphatic heterocycles. The fourth-order valence-corrected chi connectivity index (χ4v) is 1.73. The number of hydrogen-bond acceptors (Lipinski definition) is 1. The minimum atomic E-state index is -9.92. The fraction of sp³-hybridized carbons (Fsp3) is 0.125. The summed E-state index contributed by atoms with van der Waals surface area (Å²) in [6.07, 6.45) is -0.883. The predicted molar refractivity (Wildman–Crippen MR) is 49.1 cm³/mol. The molecule has 0 unspecified atom stereocenters. The number of carboxylic acid groups (broad SMARTS) is 1. The maximum absolute atomic E-state index is 13.0. The second-order valence-corrected chi connectivity index (χ2v) is 5.70. The van der Waals surface area contributed by atoms with E-state index in [1.165, 1.54) is 0 Å². The molecule has 0 fully saturated rings. The van der Waals surface area contributed by atoms with Crippen molar-refractivity contribution in [2.24, 2.45) is 0 Å². The molecule has 1 aromatic rings. The smallest absolute Gasteiger partial charge is 0.310 e. The van der Waals surface area contributed by atoms with Gasteiger partial charge in [-0.25, -0.2) is 4.39 Å². The molecule has 0 atom stereocenters. The lowest BCUT2D eigenvalue weighted by atomic mass is 10.1. The van der Waals surface area contributed by atoms with Crippen molar-refractivity contribution in [3.05, 3.63) is 29.6 Å². The Morgan fingerprint density at radius 2 is 1.71 bits per heavy atom. The van der Waals surface area contributed by atoms with Crippen LogP contribution in [0.2, 0.25) is 0 Å². The molecule has 0 heterocycles. The molecule has 0 saturated heterocycles. The molecule has 98 valence electrons. The summed E-state index contributed by atoms with van der Waals surface area (Å²) in [5.74, 6) is -3.11. The first-order chi connectivity index (χ1) is 7.29. The number of benzene rings is 1. The lowest BCUT2D eigenvalue weighted by Crippen LogP contribution is -2.08. The van der Waals surface area contributed by atoms with Crippen LogP contribution in [0.15, 0.2) is 23.1 Å². The highest BCUT2D eigenvalue weighted by Crippen LogP contribution is 3.02. The first-order valence-corrected chi connectivity index (χ1v) is 5.99. The third kappa shape index (κ3) is 3.55. The summed E-state index contributed by atoms with van der Waals surface area (Å²) in [7, 11) is -9.92. The van der Waals surface area contributed by atoms with Crippen molar-refractivity contribution in [3.8, 4) is 0 Å². The number of rotatable bonds is 3. The van der Waals surface area contributed by atoms with Gasteiger partial charge in [0.05, 0.1) is 6.42 Å². The summed E-state index contributed by atoms with van der Waals surface area (Å²) in [5, 5.41) is 8.29. The van der Waals surface area contributed by atoms with Crippen LogP contribution >= 0.6 is 10.2 Å². The average molecular weight is 280 g/mol. The monoisotopic (exact) mass is 280 g/mol. The van der Waals surface area contributed by atoms with Crippen molar-refractivity contribution in [2.75, 3.05) is 0 Å². The lowest BCUT2D eigenvalue weighted by molar-refractivity contribution is -0.136. The normalized spacial score (nSPS) is 16.1. The Balaban J connectivity index is 3.28. The van der Waals surface area contributed by atoms with Crippen molar-refractivity contribution < 1.29 is 33.7 Å². The molecule has 0 radical (unpaired) electrons. The van der Waals surface area contributed by atoms with Gasteiger partial charge in [0.25, 0.3) is 0 Å². The van der Waals surface area contributed by atoms with Crippen molar-refractivity contribution in [1.29, 1.82) is 0 Å². The molecule has 0 bridgehead atoms. The maximum atomic E-state index is 13.0. The van der Waals surface area contributed by atoms with E-state index in [9.17, 15) is 28.6 Å². The van der Waals surface area contributed by atoms with E-state index in [1.54, 1.807) is 0 Å². The van der Waals surface area contributed by atoms with E-state index in [1.807, 2.05) is 0 Å². The van der Waals surface area contributed by atoms with Gasteiger partial charge in [-0.05, 0) is 17.7 Å². The zero-order chi connectivity index (χ0) is 13.5. The van der Waals surface area contributed by atoms with Gasteiger partial charge in [-0.15, -0.1) is 0 Å². The quantitative estimate of drug-likeness (QED) is 0.846. The summed E-state index contributed by atoms with van der Waals surface area (Å²) in [6, 6.07) is -0.0283. The first-order valence-electron chi connectivity index (χ1n) is 4.04. The molecule has 9 heteroatoms. The van der Waals surface area contributed by atoms with Crippen LogP contribution in [0.5, 0.6) is 0 Å². The van der Waals surface area contributed by atoms with Crippen molar-refractivity contribution in [1.82, 2.24) is 0 Å². The SMILES string of the molecule is O=C(O)Cc1ccc(S(F)(F)(F)(F)F)cc1F. The van der Waals surface area contributed by atoms with E-state index in [2.05, 4.69) is 0 Å². The molecular formula is C8H6F6O2S. The first kappa shape index (κ1) is 13.7. The average Bonchev–Trinajstić information content (AvgIpc) is 2.03. The van der Waals surface area contributed by atoms with Gasteiger partial charge in [-0.2, -0.15) is 0 Å². The molecule has 0 aliphatic carbocycles. The summed E-state index contributed by atoms with van der Waals surface area (Å²) in [5.41, 5.74) is -0.594. The van der Waals surface area contributed by atoms with Crippen LogP contribution in [0.25, 0.3) is 0 Å². The molecule has 1 N–H and O–H groups in total. The van der Waals surface area contributed by atoms with Gasteiger partial charge in [0.2, 0.25) is 0 Å². The number of carbonyl (C=O) groups is 1. The number of carboxylic acids is 1. The minimum absolute atomic E-state index is 0.0249. The van der Waals surface area contributed by atoms with Crippen LogP contribution in [-0.2, 0) is 11.2 Å². The van der Waals surface area contributed by atoms with Crippen LogP contribution < -0.4 is 0 Å². The molecule has 0 saturated carbocycles. The van der Waals surface area contributed by atoms with E-state index in [4.69, 9.17) is 5.11 Å². The Bertz CT molecular complexity index is 480. The third-order valence-electron chi connectivity index (χ3n) is 1.81. The Morgan fingerprint density at radius 3 is 2.06 bits per heavy atom. The predicted octanol–water partition coefficient (Wildman–Crippen LogP) is 4.11. The Labute approximate surface area is 91.6 Å². The van der Waals surface area contributed by atoms with Crippen LogP contribution in [-0.4, -0.2) is 11.1 Å². The Morgan fingerprint density at radius 1 is 1.18 bits per heavy atom. The third-order valence-corrected chi connectivity index (χ3v) is 2.96. The second kappa shape index (κ2) is 3.09. The zero-order valence-electron chi connectivity index (χ0n) is 7.97. The summed E-state index contributed by atoms with van der Waals surface area (Å²) >= 11 is 0. The standard InChI is InChI=1S/C8H6F6O2S/c9-7-4-6(17(10,11,12,13)14)2-1-5(7)3-8(15)16/h1-2,4H,3H2,(H,15,16). The highest BCUT2D eigenvalue weighted by molar-refractivity contribution is 8.45. The van der Waals surface area contributed by atoms with Gasteiger partial charge in [0.15, 0.2) is 0 Å². The van der Waals surface area contributed by atoms with E-state index >= 15 is 0 Å². The topological polar surface area (TPSA) is 37.3 Å². The molecule has 1 rings (SSSR count). The molecule has 1 aromatic carbocycles. The second-order valence-electron chi connectivity index (χ2n) is 3.29. The van der Waals surface area contributed by atoms with Gasteiger partial charge in [0.1, 0.15) is 10.7 Å². The Kier molecular flexibility index (Phi) is 2.49. The van der Waals surface area contributed by atoms with Crippen LogP contribution in [0.3, 0.4) is 0 Å². The molecule has 17 heavy (non-hydrogen) atoms. The van der Waals surface area contributed by atoms with Gasteiger partial charge in [0, 0.05) is 0 Å². The summed E-state index contributed by atoms with van der Waals surface area (Å²) in [6.45, 7) is 0. The largest absolute Gasteiger partial charge is 0.481 e. The van der Waals surface area contributed by atoms with Gasteiger partial charge in [-0.1, -0.05) is 25.5 Å². The van der Waals surface area contributed by atoms with Crippen LogP contribution in [0.1, 0.15) is 5.56 Å². The molecule has 2 nitrogen and oxygen atoms in total. The highest BCUT2D eigenvalue weighted by Gasteiger charge is 2.65. The number of hydrogen-bond donors (Lipinski definition) is 1. The van der Waals surface area contributed by atoms with E-state index in [-0.39, 0.29) is 12.1 Å². The molecule has 0 aliphatic rings. The molecule has 0 aromatic heterocycles. The lowest BCUT2D eigenvalue weighted by Gasteiger charge is -2.40. The fourth-order valence-electron chi connectivity index (χ4n) is 1.07. The molecule has 0 spiro atoms. The number of aliphatic carboxylic acids is 1. The van der Waals surface area contributed by atoms with Gasteiger partial charge in [-0.3, -0.25) is 4.79 Å². The zero-order valence-corrected chi connectivity index (χ0v) is 8.79. The van der Waals surface area contributed by atoms with E-state index in [0.717, 1.165) is 0 Å². The highest BCUT2D eigenvalue weighted by atomic mass is 32.5. The summed E-state index contributed by atoms with van der Waals surface area (Å²) in [4.78, 5) is 7.82. The Hall–Kier alpha value is -1.38. The van der Waals surface area contributed by atoms with Crippen molar-refractivity contribution >= 4 is 16.2 Å². The van der Waals surface area contributed by atoms with Gasteiger partial charge < -0.3 is 5.11 Å².